The van der Waals surface area contributed by atoms with Crippen molar-refractivity contribution in [1.29, 1.82) is 0 Å². The Morgan fingerprint density at radius 2 is 2.25 bits per heavy atom. The summed E-state index contributed by atoms with van der Waals surface area (Å²) < 4.78 is 5.22. The fourth-order valence-corrected chi connectivity index (χ4v) is 1.21. The highest BCUT2D eigenvalue weighted by molar-refractivity contribution is 7.78. The van der Waals surface area contributed by atoms with E-state index in [1.807, 2.05) is 24.3 Å². The minimum atomic E-state index is 0.729. The molecule has 0 unspecified atom stereocenters. The van der Waals surface area contributed by atoms with E-state index in [-0.39, 0.29) is 0 Å². The van der Waals surface area contributed by atoms with Crippen LogP contribution in [-0.4, -0.2) is 5.16 Å². The van der Waals surface area contributed by atoms with E-state index in [1.165, 1.54) is 0 Å². The number of rotatable bonds is 1. The Hall–Kier alpha value is -1.44. The summed E-state index contributed by atoms with van der Waals surface area (Å²) in [7, 11) is 0. The second-order valence-corrected chi connectivity index (χ2v) is 2.50. The van der Waals surface area contributed by atoms with E-state index in [0.29, 0.717) is 0 Å². The zero-order valence-electron chi connectivity index (χ0n) is 6.15. The van der Waals surface area contributed by atoms with Gasteiger partial charge in [0.1, 0.15) is 5.69 Å². The van der Waals surface area contributed by atoms with Crippen LogP contribution >= 0.6 is 12.2 Å². The maximum atomic E-state index is 5.22. The molecule has 0 amide bonds. The summed E-state index contributed by atoms with van der Waals surface area (Å²) in [5, 5.41) is 3.34. The maximum Gasteiger partial charge on any atom is 0.160 e. The summed E-state index contributed by atoms with van der Waals surface area (Å²) >= 11 is 4.51. The molecule has 2 aromatic rings. The van der Waals surface area contributed by atoms with Crippen molar-refractivity contribution < 1.29 is 4.42 Å². The molecule has 1 heterocycles. The van der Waals surface area contributed by atoms with Crippen LogP contribution in [0.4, 0.5) is 5.69 Å². The second-order valence-electron chi connectivity index (χ2n) is 2.32. The van der Waals surface area contributed by atoms with Crippen molar-refractivity contribution in [2.75, 3.05) is 0 Å². The molecular weight excluding hydrogens is 170 g/mol. The van der Waals surface area contributed by atoms with Crippen molar-refractivity contribution in [2.24, 2.45) is 4.99 Å². The second kappa shape index (κ2) is 2.89. The van der Waals surface area contributed by atoms with Crippen LogP contribution in [0.1, 0.15) is 0 Å². The molecule has 0 saturated heterocycles. The lowest BCUT2D eigenvalue weighted by molar-refractivity contribution is 0.616. The first-order valence-corrected chi connectivity index (χ1v) is 3.87. The molecule has 0 bridgehead atoms. The van der Waals surface area contributed by atoms with Crippen LogP contribution in [0, 0.1) is 0 Å². The molecule has 0 radical (unpaired) electrons. The van der Waals surface area contributed by atoms with Crippen molar-refractivity contribution in [3.63, 3.8) is 0 Å². The standard InChI is InChI=1S/C9H5NOS/c12-6-10-8-3-1-2-7-4-5-11-9(7)8/h1-5H. The third kappa shape index (κ3) is 1.05. The van der Waals surface area contributed by atoms with Gasteiger partial charge in [0.15, 0.2) is 5.58 Å². The zero-order chi connectivity index (χ0) is 8.39. The topological polar surface area (TPSA) is 25.5 Å². The van der Waals surface area contributed by atoms with Crippen LogP contribution in [0.5, 0.6) is 0 Å². The molecule has 0 spiro atoms. The van der Waals surface area contributed by atoms with Gasteiger partial charge in [-0.15, -0.1) is 0 Å². The highest BCUT2D eigenvalue weighted by Crippen LogP contribution is 2.25. The quantitative estimate of drug-likeness (QED) is 0.491. The third-order valence-electron chi connectivity index (χ3n) is 1.62. The van der Waals surface area contributed by atoms with Crippen molar-refractivity contribution >= 4 is 34.0 Å². The Balaban J connectivity index is 2.81. The van der Waals surface area contributed by atoms with Gasteiger partial charge < -0.3 is 4.42 Å². The number of isothiocyanates is 1. The van der Waals surface area contributed by atoms with Gasteiger partial charge in [-0.2, -0.15) is 4.99 Å². The summed E-state index contributed by atoms with van der Waals surface area (Å²) in [6.07, 6.45) is 1.63. The Labute approximate surface area is 74.5 Å². The average Bonchev–Trinajstić information content (AvgIpc) is 2.53. The van der Waals surface area contributed by atoms with Crippen LogP contribution in [-0.2, 0) is 0 Å². The Morgan fingerprint density at radius 3 is 3.08 bits per heavy atom. The summed E-state index contributed by atoms with van der Waals surface area (Å²) in [5.41, 5.74) is 1.49. The molecule has 0 aliphatic carbocycles. The first-order chi connectivity index (χ1) is 5.92. The minimum absolute atomic E-state index is 0.729. The lowest BCUT2D eigenvalue weighted by atomic mass is 10.2. The van der Waals surface area contributed by atoms with Crippen LogP contribution in [0.25, 0.3) is 11.0 Å². The van der Waals surface area contributed by atoms with Gasteiger partial charge in [-0.05, 0) is 24.4 Å². The number of para-hydroxylation sites is 1. The Bertz CT molecular complexity index is 454. The first kappa shape index (κ1) is 7.22. The van der Waals surface area contributed by atoms with Gasteiger partial charge in [0.05, 0.1) is 11.4 Å². The number of benzene rings is 1. The normalized spacial score (nSPS) is 9.67. The molecule has 0 atom stereocenters. The summed E-state index contributed by atoms with van der Waals surface area (Å²) in [6, 6.07) is 7.59. The van der Waals surface area contributed by atoms with Crippen molar-refractivity contribution in [3.8, 4) is 0 Å². The van der Waals surface area contributed by atoms with E-state index in [4.69, 9.17) is 4.42 Å². The van der Waals surface area contributed by atoms with Gasteiger partial charge in [0.2, 0.25) is 0 Å². The molecule has 3 heteroatoms. The Kier molecular flexibility index (Phi) is 1.74. The van der Waals surface area contributed by atoms with Crippen LogP contribution in [0.15, 0.2) is 39.9 Å². The van der Waals surface area contributed by atoms with Gasteiger partial charge in [-0.25, -0.2) is 0 Å². The van der Waals surface area contributed by atoms with Gasteiger partial charge in [0.25, 0.3) is 0 Å². The molecule has 0 N–H and O–H groups in total. The molecule has 0 fully saturated rings. The third-order valence-corrected chi connectivity index (χ3v) is 1.72. The largest absolute Gasteiger partial charge is 0.462 e. The SMILES string of the molecule is S=C=Nc1cccc2ccoc12. The van der Waals surface area contributed by atoms with E-state index < -0.39 is 0 Å². The maximum absolute atomic E-state index is 5.22. The van der Waals surface area contributed by atoms with Crippen LogP contribution in [0.3, 0.4) is 0 Å². The van der Waals surface area contributed by atoms with E-state index in [2.05, 4.69) is 22.4 Å². The van der Waals surface area contributed by atoms with Gasteiger partial charge in [0, 0.05) is 5.39 Å². The number of thiocarbonyl (C=S) groups is 1. The molecule has 1 aromatic carbocycles. The molecule has 12 heavy (non-hydrogen) atoms. The molecule has 2 nitrogen and oxygen atoms in total. The fraction of sp³-hybridized carbons (Fsp3) is 0. The predicted molar refractivity (Wildman–Crippen MR) is 50.9 cm³/mol. The highest BCUT2D eigenvalue weighted by Gasteiger charge is 2.00. The van der Waals surface area contributed by atoms with E-state index in [0.717, 1.165) is 16.7 Å². The number of nitrogens with zero attached hydrogens (tertiary/aromatic N) is 1. The number of hydrogen-bond acceptors (Lipinski definition) is 3. The molecule has 2 rings (SSSR count). The first-order valence-electron chi connectivity index (χ1n) is 3.46. The summed E-state index contributed by atoms with van der Waals surface area (Å²) in [6.45, 7) is 0. The summed E-state index contributed by atoms with van der Waals surface area (Å²) in [4.78, 5) is 3.88. The van der Waals surface area contributed by atoms with E-state index in [9.17, 15) is 0 Å². The molecule has 1 aromatic heterocycles. The van der Waals surface area contributed by atoms with Crippen molar-refractivity contribution in [3.05, 3.63) is 30.5 Å². The highest BCUT2D eigenvalue weighted by atomic mass is 32.1. The molecular formula is C9H5NOS. The van der Waals surface area contributed by atoms with E-state index in [1.54, 1.807) is 6.26 Å². The summed E-state index contributed by atoms with van der Waals surface area (Å²) in [5.74, 6) is 0. The molecule has 58 valence electrons. The molecule has 0 aliphatic rings. The minimum Gasteiger partial charge on any atom is -0.462 e. The monoisotopic (exact) mass is 175 g/mol. The smallest absolute Gasteiger partial charge is 0.160 e. The van der Waals surface area contributed by atoms with Crippen LogP contribution < -0.4 is 0 Å². The van der Waals surface area contributed by atoms with E-state index >= 15 is 0 Å². The van der Waals surface area contributed by atoms with Crippen molar-refractivity contribution in [2.45, 2.75) is 0 Å². The number of aliphatic imine (C=N–C) groups is 1. The zero-order valence-corrected chi connectivity index (χ0v) is 6.97. The molecule has 0 aliphatic heterocycles. The Morgan fingerprint density at radius 1 is 1.33 bits per heavy atom. The van der Waals surface area contributed by atoms with Crippen LogP contribution in [0.2, 0.25) is 0 Å². The number of hydrogen-bond donors (Lipinski definition) is 0. The van der Waals surface area contributed by atoms with Gasteiger partial charge >= 0.3 is 0 Å². The van der Waals surface area contributed by atoms with Crippen molar-refractivity contribution in [1.82, 2.24) is 0 Å². The van der Waals surface area contributed by atoms with Gasteiger partial charge in [-0.3, -0.25) is 0 Å². The fourth-order valence-electron chi connectivity index (χ4n) is 1.11. The number of furan rings is 1. The molecule has 0 saturated carbocycles. The lowest BCUT2D eigenvalue weighted by Crippen LogP contribution is -1.65. The van der Waals surface area contributed by atoms with Gasteiger partial charge in [-0.1, -0.05) is 12.1 Å². The lowest BCUT2D eigenvalue weighted by Gasteiger charge is -1.90. The predicted octanol–water partition coefficient (Wildman–Crippen LogP) is 3.17. The average molecular weight is 175 g/mol. The number of fused-ring (bicyclic) bond motifs is 1.